The Balaban J connectivity index is 1.65. The number of nitrogens with zero attached hydrogens (tertiary/aromatic N) is 1. The Morgan fingerprint density at radius 1 is 1.26 bits per heavy atom. The molecule has 0 spiro atoms. The minimum Gasteiger partial charge on any atom is -0.450 e. The van der Waals surface area contributed by atoms with Crippen LogP contribution >= 0.6 is 0 Å². The summed E-state index contributed by atoms with van der Waals surface area (Å²) in [5.74, 6) is -2.59. The molecule has 0 saturated carbocycles. The molecule has 0 saturated heterocycles. The van der Waals surface area contributed by atoms with Gasteiger partial charge in [0.15, 0.2) is 6.61 Å². The van der Waals surface area contributed by atoms with Crippen LogP contribution in [0.15, 0.2) is 46.9 Å². The fourth-order valence-electron chi connectivity index (χ4n) is 2.49. The quantitative estimate of drug-likeness (QED) is 0.416. The van der Waals surface area contributed by atoms with Crippen molar-refractivity contribution in [2.75, 3.05) is 11.9 Å². The highest BCUT2D eigenvalue weighted by Gasteiger charge is 2.20. The number of esters is 1. The van der Waals surface area contributed by atoms with Gasteiger partial charge in [-0.15, -0.1) is 0 Å². The van der Waals surface area contributed by atoms with Crippen LogP contribution in [0.1, 0.15) is 16.1 Å². The first-order valence-corrected chi connectivity index (χ1v) is 7.76. The molecule has 8 nitrogen and oxygen atoms in total. The summed E-state index contributed by atoms with van der Waals surface area (Å²) in [6.07, 6.45) is 0. The number of aryl methyl sites for hydroxylation is 1. The van der Waals surface area contributed by atoms with Gasteiger partial charge in [0.05, 0.1) is 4.92 Å². The Kier molecular flexibility index (Phi) is 4.84. The fourth-order valence-corrected chi connectivity index (χ4v) is 2.49. The van der Waals surface area contributed by atoms with E-state index in [1.54, 1.807) is 31.2 Å². The van der Waals surface area contributed by atoms with Crippen molar-refractivity contribution in [1.82, 2.24) is 0 Å². The van der Waals surface area contributed by atoms with E-state index < -0.39 is 34.9 Å². The molecular weight excluding hydrogens is 359 g/mol. The molecule has 0 aliphatic heterocycles. The number of carbonyl (C=O) groups is 2. The third-order valence-corrected chi connectivity index (χ3v) is 3.79. The Hall–Kier alpha value is -3.75. The van der Waals surface area contributed by atoms with Gasteiger partial charge < -0.3 is 14.5 Å². The molecule has 1 amide bonds. The van der Waals surface area contributed by atoms with E-state index >= 15 is 0 Å². The molecule has 3 rings (SSSR count). The molecule has 1 aromatic heterocycles. The van der Waals surface area contributed by atoms with Gasteiger partial charge in [-0.3, -0.25) is 14.9 Å². The van der Waals surface area contributed by atoms with Crippen LogP contribution < -0.4 is 5.32 Å². The van der Waals surface area contributed by atoms with E-state index in [1.807, 2.05) is 0 Å². The highest BCUT2D eigenvalue weighted by Crippen LogP contribution is 2.25. The average Bonchev–Trinajstić information content (AvgIpc) is 2.98. The average molecular weight is 372 g/mol. The molecule has 0 radical (unpaired) electrons. The normalized spacial score (nSPS) is 10.6. The Labute approximate surface area is 151 Å². The van der Waals surface area contributed by atoms with E-state index in [0.717, 1.165) is 23.6 Å². The minimum absolute atomic E-state index is 0.00377. The second kappa shape index (κ2) is 7.24. The smallest absolute Gasteiger partial charge is 0.375 e. The topological polar surface area (TPSA) is 112 Å². The lowest BCUT2D eigenvalue weighted by molar-refractivity contribution is -0.387. The number of benzene rings is 2. The molecule has 0 fully saturated rings. The highest BCUT2D eigenvalue weighted by molar-refractivity contribution is 5.98. The lowest BCUT2D eigenvalue weighted by atomic mass is 10.1. The zero-order valence-corrected chi connectivity index (χ0v) is 14.0. The molecule has 1 heterocycles. The SMILES string of the molecule is Cc1c(C(=O)OCC(=O)Nc2ccc(F)c([N+](=O)[O-])c2)oc2ccccc12. The van der Waals surface area contributed by atoms with E-state index in [2.05, 4.69) is 5.32 Å². The van der Waals surface area contributed by atoms with E-state index in [4.69, 9.17) is 9.15 Å². The third kappa shape index (κ3) is 3.76. The summed E-state index contributed by atoms with van der Waals surface area (Å²) in [6, 6.07) is 9.94. The van der Waals surface area contributed by atoms with Crippen molar-refractivity contribution in [2.45, 2.75) is 6.92 Å². The number of hydrogen-bond acceptors (Lipinski definition) is 6. The molecule has 3 aromatic rings. The molecule has 1 N–H and O–H groups in total. The number of rotatable bonds is 5. The number of para-hydroxylation sites is 1. The van der Waals surface area contributed by atoms with Crippen molar-refractivity contribution < 1.29 is 28.1 Å². The van der Waals surface area contributed by atoms with E-state index in [-0.39, 0.29) is 11.4 Å². The molecule has 0 bridgehead atoms. The lowest BCUT2D eigenvalue weighted by Gasteiger charge is -2.06. The lowest BCUT2D eigenvalue weighted by Crippen LogP contribution is -2.21. The number of halogens is 1. The number of furan rings is 1. The molecule has 0 atom stereocenters. The Bertz CT molecular complexity index is 1060. The number of hydrogen-bond donors (Lipinski definition) is 1. The first-order chi connectivity index (χ1) is 12.9. The van der Waals surface area contributed by atoms with Crippen LogP contribution in [0.5, 0.6) is 0 Å². The number of amides is 1. The summed E-state index contributed by atoms with van der Waals surface area (Å²) in [7, 11) is 0. The summed E-state index contributed by atoms with van der Waals surface area (Å²) in [6.45, 7) is 1.06. The third-order valence-electron chi connectivity index (χ3n) is 3.79. The van der Waals surface area contributed by atoms with Gasteiger partial charge in [-0.2, -0.15) is 4.39 Å². The van der Waals surface area contributed by atoms with Gasteiger partial charge in [0.25, 0.3) is 5.91 Å². The summed E-state index contributed by atoms with van der Waals surface area (Å²) in [5, 5.41) is 13.8. The summed E-state index contributed by atoms with van der Waals surface area (Å²) in [5.41, 5.74) is 0.335. The van der Waals surface area contributed by atoms with Crippen molar-refractivity contribution in [3.63, 3.8) is 0 Å². The van der Waals surface area contributed by atoms with Crippen LogP contribution in [0.2, 0.25) is 0 Å². The maximum Gasteiger partial charge on any atom is 0.375 e. The van der Waals surface area contributed by atoms with E-state index in [0.29, 0.717) is 11.1 Å². The van der Waals surface area contributed by atoms with Gasteiger partial charge in [0.2, 0.25) is 11.6 Å². The zero-order valence-electron chi connectivity index (χ0n) is 14.0. The molecule has 2 aromatic carbocycles. The zero-order chi connectivity index (χ0) is 19.6. The van der Waals surface area contributed by atoms with E-state index in [9.17, 15) is 24.1 Å². The van der Waals surface area contributed by atoms with E-state index in [1.165, 1.54) is 0 Å². The number of carbonyl (C=O) groups excluding carboxylic acids is 2. The molecule has 138 valence electrons. The second-order valence-electron chi connectivity index (χ2n) is 5.60. The van der Waals surface area contributed by atoms with Crippen molar-refractivity contribution in [3.8, 4) is 0 Å². The van der Waals surface area contributed by atoms with Crippen LogP contribution in [-0.2, 0) is 9.53 Å². The van der Waals surface area contributed by atoms with Crippen molar-refractivity contribution in [2.24, 2.45) is 0 Å². The summed E-state index contributed by atoms with van der Waals surface area (Å²) < 4.78 is 23.7. The predicted octanol–water partition coefficient (Wildman–Crippen LogP) is 3.58. The molecule has 9 heteroatoms. The number of anilines is 1. The number of nitrogens with one attached hydrogen (secondary N) is 1. The van der Waals surface area contributed by atoms with Crippen LogP contribution in [-0.4, -0.2) is 23.4 Å². The van der Waals surface area contributed by atoms with Crippen LogP contribution in [0.25, 0.3) is 11.0 Å². The molecule has 0 aliphatic rings. The Morgan fingerprint density at radius 2 is 2.00 bits per heavy atom. The van der Waals surface area contributed by atoms with Gasteiger partial charge >= 0.3 is 11.7 Å². The molecule has 0 aliphatic carbocycles. The maximum atomic E-state index is 13.3. The van der Waals surface area contributed by atoms with Crippen LogP contribution in [0, 0.1) is 22.9 Å². The van der Waals surface area contributed by atoms with Gasteiger partial charge in [-0.1, -0.05) is 18.2 Å². The fraction of sp³-hybridized carbons (Fsp3) is 0.111. The molecular formula is C18H13FN2O6. The highest BCUT2D eigenvalue weighted by atomic mass is 19.1. The standard InChI is InChI=1S/C18H13FN2O6/c1-10-12-4-2-3-5-15(12)27-17(10)18(23)26-9-16(22)20-11-6-7-13(19)14(8-11)21(24)25/h2-8H,9H2,1H3,(H,20,22). The van der Waals surface area contributed by atoms with Gasteiger partial charge in [-0.25, -0.2) is 4.79 Å². The van der Waals surface area contributed by atoms with Crippen LogP contribution in [0.3, 0.4) is 0 Å². The largest absolute Gasteiger partial charge is 0.450 e. The Morgan fingerprint density at radius 3 is 2.70 bits per heavy atom. The molecule has 27 heavy (non-hydrogen) atoms. The van der Waals surface area contributed by atoms with Gasteiger partial charge in [0, 0.05) is 22.7 Å². The monoisotopic (exact) mass is 372 g/mol. The number of ether oxygens (including phenoxy) is 1. The van der Waals surface area contributed by atoms with Crippen LogP contribution in [0.4, 0.5) is 15.8 Å². The predicted molar refractivity (Wildman–Crippen MR) is 92.9 cm³/mol. The number of fused-ring (bicyclic) bond motifs is 1. The van der Waals surface area contributed by atoms with Crippen molar-refractivity contribution >= 4 is 34.2 Å². The van der Waals surface area contributed by atoms with Gasteiger partial charge in [0.1, 0.15) is 5.58 Å². The van der Waals surface area contributed by atoms with Crippen molar-refractivity contribution in [3.05, 3.63) is 69.7 Å². The first-order valence-electron chi connectivity index (χ1n) is 7.76. The maximum absolute atomic E-state index is 13.3. The number of nitro groups is 1. The summed E-state index contributed by atoms with van der Waals surface area (Å²) >= 11 is 0. The molecule has 0 unspecified atom stereocenters. The summed E-state index contributed by atoms with van der Waals surface area (Å²) in [4.78, 5) is 33.8. The first kappa shape index (κ1) is 18.1. The van der Waals surface area contributed by atoms with Crippen molar-refractivity contribution in [1.29, 1.82) is 0 Å². The number of nitro benzene ring substituents is 1. The minimum atomic E-state index is -1.02. The van der Waals surface area contributed by atoms with Gasteiger partial charge in [-0.05, 0) is 25.1 Å². The second-order valence-corrected chi connectivity index (χ2v) is 5.60.